The molecule has 0 aliphatic rings. The number of phenols is 1. The van der Waals surface area contributed by atoms with Gasteiger partial charge >= 0.3 is 18.0 Å². The second-order valence-corrected chi connectivity index (χ2v) is 10.1. The predicted octanol–water partition coefficient (Wildman–Crippen LogP) is 3.56. The molecule has 0 saturated carbocycles. The Balaban J connectivity index is 1.48. The van der Waals surface area contributed by atoms with Crippen molar-refractivity contribution in [1.29, 1.82) is 0 Å². The lowest BCUT2D eigenvalue weighted by atomic mass is 10.0. The van der Waals surface area contributed by atoms with Crippen LogP contribution >= 0.6 is 0 Å². The van der Waals surface area contributed by atoms with E-state index in [1.54, 1.807) is 12.1 Å². The number of benzene rings is 2. The Bertz CT molecular complexity index is 1110. The average Bonchev–Trinajstić information content (AvgIpc) is 2.97. The van der Waals surface area contributed by atoms with Crippen LogP contribution in [0.15, 0.2) is 42.5 Å². The highest BCUT2D eigenvalue weighted by atomic mass is 16.5. The van der Waals surface area contributed by atoms with E-state index in [-0.39, 0.29) is 12.4 Å². The first-order valence-corrected chi connectivity index (χ1v) is 14.5. The van der Waals surface area contributed by atoms with Crippen molar-refractivity contribution in [2.75, 3.05) is 32.8 Å². The number of urea groups is 1. The van der Waals surface area contributed by atoms with Crippen LogP contribution in [0.2, 0.25) is 0 Å². The van der Waals surface area contributed by atoms with Crippen LogP contribution in [0.4, 0.5) is 4.79 Å². The zero-order valence-electron chi connectivity index (χ0n) is 24.4. The minimum Gasteiger partial charge on any atom is -0.508 e. The second kappa shape index (κ2) is 20.2. The fourth-order valence-electron chi connectivity index (χ4n) is 4.26. The van der Waals surface area contributed by atoms with Crippen molar-refractivity contribution in [3.8, 4) is 5.75 Å². The maximum atomic E-state index is 11.7. The van der Waals surface area contributed by atoms with Gasteiger partial charge in [-0.05, 0) is 67.5 Å². The lowest BCUT2D eigenvalue weighted by molar-refractivity contribution is -0.142. The number of hydrogen-bond donors (Lipinski definition) is 6. The van der Waals surface area contributed by atoms with Crippen LogP contribution in [0.1, 0.15) is 73.8 Å². The molecule has 0 unspecified atom stereocenters. The van der Waals surface area contributed by atoms with Gasteiger partial charge in [0.25, 0.3) is 0 Å². The van der Waals surface area contributed by atoms with Gasteiger partial charge in [0.05, 0.1) is 6.10 Å². The number of phenolic OH excluding ortho intramolecular Hbond substituents is 1. The van der Waals surface area contributed by atoms with E-state index in [0.717, 1.165) is 69.2 Å². The Morgan fingerprint density at radius 3 is 2.33 bits per heavy atom. The number of nitrogens with one attached hydrogen (secondary N) is 3. The number of carbonyl (C=O) groups excluding carboxylic acids is 2. The monoisotopic (exact) mass is 587 g/mol. The molecule has 11 nitrogen and oxygen atoms in total. The molecule has 2 aromatic carbocycles. The van der Waals surface area contributed by atoms with E-state index in [0.29, 0.717) is 30.8 Å². The first-order chi connectivity index (χ1) is 20.3. The van der Waals surface area contributed by atoms with E-state index >= 15 is 0 Å². The summed E-state index contributed by atoms with van der Waals surface area (Å²) < 4.78 is 10.7. The highest BCUT2D eigenvalue weighted by Gasteiger charge is 2.11. The summed E-state index contributed by atoms with van der Waals surface area (Å²) in [5.74, 6) is -1.49. The Kier molecular flexibility index (Phi) is 16.6. The third-order valence-electron chi connectivity index (χ3n) is 6.59. The first kappa shape index (κ1) is 34.5. The zero-order chi connectivity index (χ0) is 30.6. The highest BCUT2D eigenvalue weighted by molar-refractivity contribution is 5.79. The molecule has 1 atom stereocenters. The molecular weight excluding hydrogens is 542 g/mol. The normalized spacial score (nSPS) is 11.6. The molecule has 2 aromatic rings. The number of carboxylic acids is 1. The topological polar surface area (TPSA) is 166 Å². The SMILES string of the molecule is CC(=O)OCc1cc([C@@H](O)CNCCCCCCOCCCCc2ccccc2CNC(=O)NCC(=O)O)ccc1O. The molecule has 232 valence electrons. The molecule has 6 N–H and O–H groups in total. The third kappa shape index (κ3) is 14.8. The van der Waals surface area contributed by atoms with E-state index in [1.165, 1.54) is 13.0 Å². The van der Waals surface area contributed by atoms with Crippen LogP contribution in [-0.4, -0.2) is 66.1 Å². The van der Waals surface area contributed by atoms with Gasteiger partial charge < -0.3 is 40.7 Å². The summed E-state index contributed by atoms with van der Waals surface area (Å²) in [4.78, 5) is 33.3. The van der Waals surface area contributed by atoms with Gasteiger partial charge in [-0.2, -0.15) is 0 Å². The Labute approximate surface area is 247 Å². The number of esters is 1. The molecule has 0 spiro atoms. The first-order valence-electron chi connectivity index (χ1n) is 14.5. The van der Waals surface area contributed by atoms with Crippen molar-refractivity contribution in [3.63, 3.8) is 0 Å². The van der Waals surface area contributed by atoms with E-state index in [2.05, 4.69) is 16.0 Å². The van der Waals surface area contributed by atoms with Gasteiger partial charge in [-0.1, -0.05) is 43.2 Å². The fraction of sp³-hybridized carbons (Fsp3) is 0.516. The van der Waals surface area contributed by atoms with Crippen LogP contribution in [0, 0.1) is 0 Å². The van der Waals surface area contributed by atoms with Gasteiger partial charge in [-0.3, -0.25) is 9.59 Å². The van der Waals surface area contributed by atoms with Crippen molar-refractivity contribution in [2.24, 2.45) is 0 Å². The highest BCUT2D eigenvalue weighted by Crippen LogP contribution is 2.23. The summed E-state index contributed by atoms with van der Waals surface area (Å²) in [5.41, 5.74) is 3.28. The summed E-state index contributed by atoms with van der Waals surface area (Å²) in [5, 5.41) is 37.2. The number of rotatable bonds is 21. The Morgan fingerprint density at radius 2 is 1.60 bits per heavy atom. The molecule has 0 aromatic heterocycles. The lowest BCUT2D eigenvalue weighted by Gasteiger charge is -2.14. The molecule has 0 heterocycles. The van der Waals surface area contributed by atoms with Crippen LogP contribution in [0.25, 0.3) is 0 Å². The van der Waals surface area contributed by atoms with Gasteiger partial charge in [0.2, 0.25) is 0 Å². The number of unbranched alkanes of at least 4 members (excludes halogenated alkanes) is 4. The van der Waals surface area contributed by atoms with Gasteiger partial charge in [-0.25, -0.2) is 4.79 Å². The number of hydrogen-bond acceptors (Lipinski definition) is 8. The average molecular weight is 588 g/mol. The van der Waals surface area contributed by atoms with Gasteiger partial charge in [0.1, 0.15) is 18.9 Å². The van der Waals surface area contributed by atoms with Crippen molar-refractivity contribution >= 4 is 18.0 Å². The maximum absolute atomic E-state index is 11.7. The Morgan fingerprint density at radius 1 is 0.881 bits per heavy atom. The number of aromatic hydroxyl groups is 1. The minimum absolute atomic E-state index is 0.0279. The largest absolute Gasteiger partial charge is 0.508 e. The zero-order valence-corrected chi connectivity index (χ0v) is 24.4. The molecule has 0 bridgehead atoms. The van der Waals surface area contributed by atoms with Crippen molar-refractivity contribution < 1.29 is 39.2 Å². The number of amides is 2. The summed E-state index contributed by atoms with van der Waals surface area (Å²) in [7, 11) is 0. The number of carboxylic acid groups (broad SMARTS) is 1. The smallest absolute Gasteiger partial charge is 0.323 e. The van der Waals surface area contributed by atoms with Gasteiger partial charge in [-0.15, -0.1) is 0 Å². The summed E-state index contributed by atoms with van der Waals surface area (Å²) in [6.07, 6.45) is 6.20. The van der Waals surface area contributed by atoms with E-state index in [1.807, 2.05) is 24.3 Å². The van der Waals surface area contributed by atoms with Crippen LogP contribution in [0.5, 0.6) is 5.75 Å². The molecular formula is C31H45N3O8. The molecule has 0 saturated heterocycles. The molecule has 0 fully saturated rings. The van der Waals surface area contributed by atoms with Crippen LogP contribution in [-0.2, 0) is 38.6 Å². The third-order valence-corrected chi connectivity index (χ3v) is 6.59. The fourth-order valence-corrected chi connectivity index (χ4v) is 4.26. The van der Waals surface area contributed by atoms with Crippen molar-refractivity contribution in [3.05, 3.63) is 64.7 Å². The van der Waals surface area contributed by atoms with Crippen molar-refractivity contribution in [2.45, 2.75) is 71.1 Å². The molecule has 0 radical (unpaired) electrons. The number of aliphatic carboxylic acids is 1. The molecule has 42 heavy (non-hydrogen) atoms. The number of aryl methyl sites for hydroxylation is 1. The molecule has 0 aliphatic heterocycles. The molecule has 11 heteroatoms. The van der Waals surface area contributed by atoms with E-state index in [9.17, 15) is 24.6 Å². The van der Waals surface area contributed by atoms with Crippen LogP contribution < -0.4 is 16.0 Å². The van der Waals surface area contributed by atoms with Crippen LogP contribution in [0.3, 0.4) is 0 Å². The number of ether oxygens (including phenoxy) is 2. The number of carbonyl (C=O) groups is 3. The molecule has 2 amide bonds. The molecule has 2 rings (SSSR count). The van der Waals surface area contributed by atoms with Gasteiger partial charge in [0, 0.05) is 38.8 Å². The summed E-state index contributed by atoms with van der Waals surface area (Å²) in [6.45, 7) is 3.82. The Hall–Kier alpha value is -3.67. The maximum Gasteiger partial charge on any atom is 0.323 e. The molecule has 0 aliphatic carbocycles. The minimum atomic E-state index is -1.09. The van der Waals surface area contributed by atoms with E-state index < -0.39 is 30.6 Å². The standard InChI is InChI=1S/C31H45N3O8/c1-23(35)42-22-27-18-25(13-14-28(27)36)29(37)20-32-15-7-2-3-8-16-41-17-9-6-11-24-10-4-5-12-26(24)19-33-31(40)34-21-30(38)39/h4-5,10,12-14,18,29,32,36-37H,2-3,6-9,11,15-17,19-22H2,1H3,(H,38,39)(H2,33,34,40)/t29-/m0/s1. The lowest BCUT2D eigenvalue weighted by Crippen LogP contribution is -2.38. The predicted molar refractivity (Wildman–Crippen MR) is 158 cm³/mol. The summed E-state index contributed by atoms with van der Waals surface area (Å²) >= 11 is 0. The number of aliphatic hydroxyl groups is 1. The summed E-state index contributed by atoms with van der Waals surface area (Å²) in [6, 6.07) is 12.2. The van der Waals surface area contributed by atoms with E-state index in [4.69, 9.17) is 14.6 Å². The second-order valence-electron chi connectivity index (χ2n) is 10.1. The number of aliphatic hydroxyl groups excluding tert-OH is 1. The van der Waals surface area contributed by atoms with Gasteiger partial charge in [0.15, 0.2) is 0 Å². The quantitative estimate of drug-likeness (QED) is 0.0945. The van der Waals surface area contributed by atoms with Crippen molar-refractivity contribution in [1.82, 2.24) is 16.0 Å².